The maximum Gasteiger partial charge on any atom is 0.141 e. The van der Waals surface area contributed by atoms with Crippen LogP contribution in [0.3, 0.4) is 0 Å². The van der Waals surface area contributed by atoms with Gasteiger partial charge in [0.25, 0.3) is 0 Å². The van der Waals surface area contributed by atoms with Crippen LogP contribution in [0, 0.1) is 19.7 Å². The highest BCUT2D eigenvalue weighted by atomic mass is 19.1. The van der Waals surface area contributed by atoms with Crippen molar-refractivity contribution >= 4 is 11.0 Å². The number of pyridine rings is 3. The molecule has 1 N–H and O–H groups in total. The van der Waals surface area contributed by atoms with E-state index in [0.717, 1.165) is 52.7 Å². The maximum absolute atomic E-state index is 13.3. The zero-order valence-corrected chi connectivity index (χ0v) is 15.5. The van der Waals surface area contributed by atoms with Gasteiger partial charge in [-0.3, -0.25) is 9.97 Å². The average Bonchev–Trinajstić information content (AvgIpc) is 3.03. The van der Waals surface area contributed by atoms with E-state index in [-0.39, 0.29) is 5.82 Å². The summed E-state index contributed by atoms with van der Waals surface area (Å²) in [7, 11) is 0. The van der Waals surface area contributed by atoms with E-state index in [9.17, 15) is 4.39 Å². The van der Waals surface area contributed by atoms with Gasteiger partial charge in [-0.15, -0.1) is 0 Å². The Kier molecular flexibility index (Phi) is 4.67. The Morgan fingerprint density at radius 1 is 0.926 bits per heavy atom. The molecular weight excluding hydrogens is 339 g/mol. The molecular formula is C22H21FN4. The van der Waals surface area contributed by atoms with Crippen molar-refractivity contribution in [3.05, 3.63) is 88.5 Å². The summed E-state index contributed by atoms with van der Waals surface area (Å²) in [5.41, 5.74) is 7.56. The van der Waals surface area contributed by atoms with Gasteiger partial charge in [-0.1, -0.05) is 6.07 Å². The first-order chi connectivity index (χ1) is 13.1. The molecule has 0 aliphatic carbocycles. The molecule has 4 nitrogen and oxygen atoms in total. The molecule has 4 heterocycles. The van der Waals surface area contributed by atoms with Crippen LogP contribution in [0.2, 0.25) is 0 Å². The van der Waals surface area contributed by atoms with Crippen LogP contribution >= 0.6 is 0 Å². The SMILES string of the molecule is Cc1cnc2[nH]cc(Cc3cnc(CCc4cncc(F)c4)c(C)c3)c2c1. The molecule has 0 fully saturated rings. The van der Waals surface area contributed by atoms with E-state index in [4.69, 9.17) is 0 Å². The number of hydrogen-bond donors (Lipinski definition) is 1. The highest BCUT2D eigenvalue weighted by Gasteiger charge is 2.08. The van der Waals surface area contributed by atoms with Crippen molar-refractivity contribution in [2.24, 2.45) is 0 Å². The Labute approximate surface area is 157 Å². The Morgan fingerprint density at radius 3 is 2.63 bits per heavy atom. The van der Waals surface area contributed by atoms with Crippen LogP contribution in [0.25, 0.3) is 11.0 Å². The fourth-order valence-corrected chi connectivity index (χ4v) is 3.40. The summed E-state index contributed by atoms with van der Waals surface area (Å²) in [4.78, 5) is 16.2. The Balaban J connectivity index is 1.50. The van der Waals surface area contributed by atoms with Crippen LogP contribution in [-0.4, -0.2) is 19.9 Å². The molecule has 136 valence electrons. The van der Waals surface area contributed by atoms with E-state index in [1.807, 2.05) is 18.6 Å². The smallest absolute Gasteiger partial charge is 0.141 e. The number of aromatic nitrogens is 4. The van der Waals surface area contributed by atoms with Gasteiger partial charge in [0.1, 0.15) is 11.5 Å². The van der Waals surface area contributed by atoms with Gasteiger partial charge in [-0.2, -0.15) is 0 Å². The number of nitrogens with one attached hydrogen (secondary N) is 1. The number of fused-ring (bicyclic) bond motifs is 1. The van der Waals surface area contributed by atoms with Gasteiger partial charge in [0.15, 0.2) is 0 Å². The molecule has 0 saturated carbocycles. The molecule has 4 aromatic heterocycles. The zero-order valence-electron chi connectivity index (χ0n) is 15.5. The van der Waals surface area contributed by atoms with E-state index in [0.29, 0.717) is 0 Å². The highest BCUT2D eigenvalue weighted by Crippen LogP contribution is 2.21. The van der Waals surface area contributed by atoms with Crippen molar-refractivity contribution < 1.29 is 4.39 Å². The molecule has 4 aromatic rings. The van der Waals surface area contributed by atoms with Gasteiger partial charge in [0.2, 0.25) is 0 Å². The molecule has 0 aliphatic rings. The quantitative estimate of drug-likeness (QED) is 0.571. The number of nitrogens with zero attached hydrogens (tertiary/aromatic N) is 3. The van der Waals surface area contributed by atoms with Gasteiger partial charge in [-0.25, -0.2) is 9.37 Å². The summed E-state index contributed by atoms with van der Waals surface area (Å²) in [6, 6.07) is 5.88. The van der Waals surface area contributed by atoms with Gasteiger partial charge < -0.3 is 4.98 Å². The number of aromatic amines is 1. The van der Waals surface area contributed by atoms with Crippen LogP contribution in [0.4, 0.5) is 4.39 Å². The number of H-pyrrole nitrogens is 1. The lowest BCUT2D eigenvalue weighted by atomic mass is 10.0. The molecule has 0 saturated heterocycles. The van der Waals surface area contributed by atoms with Crippen molar-refractivity contribution in [3.8, 4) is 0 Å². The molecule has 0 aromatic carbocycles. The first kappa shape index (κ1) is 17.3. The number of halogens is 1. The number of rotatable bonds is 5. The standard InChI is InChI=1S/C22H21FN4/c1-14-5-20-18(12-27-22(20)26-9-14)7-17-6-15(2)21(25-11-17)4-3-16-8-19(23)13-24-10-16/h5-6,8-13H,3-4,7H2,1-2H3,(H,26,27). The lowest BCUT2D eigenvalue weighted by molar-refractivity contribution is 0.618. The predicted molar refractivity (Wildman–Crippen MR) is 104 cm³/mol. The van der Waals surface area contributed by atoms with Crippen molar-refractivity contribution in [1.29, 1.82) is 0 Å². The summed E-state index contributed by atoms with van der Waals surface area (Å²) in [6.45, 7) is 4.13. The summed E-state index contributed by atoms with van der Waals surface area (Å²) >= 11 is 0. The highest BCUT2D eigenvalue weighted by molar-refractivity contribution is 5.80. The third-order valence-electron chi connectivity index (χ3n) is 4.80. The third kappa shape index (κ3) is 3.87. The van der Waals surface area contributed by atoms with E-state index in [2.05, 4.69) is 45.9 Å². The maximum atomic E-state index is 13.3. The topological polar surface area (TPSA) is 54.5 Å². The molecule has 0 amide bonds. The largest absolute Gasteiger partial charge is 0.346 e. The van der Waals surface area contributed by atoms with Crippen LogP contribution in [0.1, 0.15) is 33.5 Å². The molecule has 0 unspecified atom stereocenters. The third-order valence-corrected chi connectivity index (χ3v) is 4.80. The summed E-state index contributed by atoms with van der Waals surface area (Å²) in [5, 5.41) is 1.16. The number of aryl methyl sites for hydroxylation is 4. The minimum absolute atomic E-state index is 0.295. The molecule has 0 aliphatic heterocycles. The Bertz CT molecular complexity index is 1100. The van der Waals surface area contributed by atoms with Crippen molar-refractivity contribution in [2.45, 2.75) is 33.1 Å². The first-order valence-electron chi connectivity index (χ1n) is 9.05. The van der Waals surface area contributed by atoms with E-state index in [1.54, 1.807) is 6.20 Å². The second-order valence-corrected chi connectivity index (χ2v) is 7.02. The van der Waals surface area contributed by atoms with Crippen molar-refractivity contribution in [1.82, 2.24) is 19.9 Å². The summed E-state index contributed by atoms with van der Waals surface area (Å²) in [5.74, 6) is -0.295. The Hall–Kier alpha value is -3.08. The number of hydrogen-bond acceptors (Lipinski definition) is 3. The molecule has 0 radical (unpaired) electrons. The average molecular weight is 360 g/mol. The molecule has 4 rings (SSSR count). The van der Waals surface area contributed by atoms with Crippen LogP contribution in [0.15, 0.2) is 49.2 Å². The molecule has 5 heteroatoms. The lowest BCUT2D eigenvalue weighted by Gasteiger charge is -2.08. The molecule has 0 bridgehead atoms. The molecule has 0 spiro atoms. The minimum Gasteiger partial charge on any atom is -0.346 e. The van der Waals surface area contributed by atoms with E-state index in [1.165, 1.54) is 23.4 Å². The van der Waals surface area contributed by atoms with Crippen LogP contribution < -0.4 is 0 Å². The van der Waals surface area contributed by atoms with Crippen LogP contribution in [0.5, 0.6) is 0 Å². The van der Waals surface area contributed by atoms with Crippen molar-refractivity contribution in [2.75, 3.05) is 0 Å². The molecule has 27 heavy (non-hydrogen) atoms. The van der Waals surface area contributed by atoms with Gasteiger partial charge in [0.05, 0.1) is 6.20 Å². The lowest BCUT2D eigenvalue weighted by Crippen LogP contribution is -2.00. The fourth-order valence-electron chi connectivity index (χ4n) is 3.40. The van der Waals surface area contributed by atoms with Crippen molar-refractivity contribution in [3.63, 3.8) is 0 Å². The van der Waals surface area contributed by atoms with Crippen LogP contribution in [-0.2, 0) is 19.3 Å². The van der Waals surface area contributed by atoms with Gasteiger partial charge in [0, 0.05) is 42.3 Å². The van der Waals surface area contributed by atoms with E-state index >= 15 is 0 Å². The molecule has 0 atom stereocenters. The monoisotopic (exact) mass is 360 g/mol. The van der Waals surface area contributed by atoms with Gasteiger partial charge in [-0.05, 0) is 66.6 Å². The predicted octanol–water partition coefficient (Wildman–Crippen LogP) is 4.48. The summed E-state index contributed by atoms with van der Waals surface area (Å²) in [6.07, 6.45) is 11.1. The minimum atomic E-state index is -0.295. The Morgan fingerprint density at radius 2 is 1.81 bits per heavy atom. The first-order valence-corrected chi connectivity index (χ1v) is 9.05. The second kappa shape index (κ2) is 7.27. The van der Waals surface area contributed by atoms with E-state index < -0.39 is 0 Å². The summed E-state index contributed by atoms with van der Waals surface area (Å²) < 4.78 is 13.3. The normalized spacial score (nSPS) is 11.2. The zero-order chi connectivity index (χ0) is 18.8. The second-order valence-electron chi connectivity index (χ2n) is 7.02. The van der Waals surface area contributed by atoms with Gasteiger partial charge >= 0.3 is 0 Å². The fraction of sp³-hybridized carbons (Fsp3) is 0.227.